The molecule has 2 atom stereocenters. The second kappa shape index (κ2) is 5.73. The van der Waals surface area contributed by atoms with Crippen LogP contribution in [0.4, 0.5) is 4.39 Å². The van der Waals surface area contributed by atoms with Crippen molar-refractivity contribution < 1.29 is 14.0 Å². The number of nitrogens with one attached hydrogen (secondary N) is 1. The minimum absolute atomic E-state index is 0.0436. The molecular weight excluding hydrogens is 259 g/mol. The molecule has 0 unspecified atom stereocenters. The fourth-order valence-electron chi connectivity index (χ4n) is 2.59. The molecule has 0 aliphatic carbocycles. The molecule has 2 N–H and O–H groups in total. The number of rotatable bonds is 4. The van der Waals surface area contributed by atoms with Gasteiger partial charge in [0.15, 0.2) is 0 Å². The number of hydrogen-bond acceptors (Lipinski definition) is 4. The van der Waals surface area contributed by atoms with Gasteiger partial charge in [0.1, 0.15) is 23.4 Å². The highest BCUT2D eigenvalue weighted by atomic mass is 19.1. The van der Waals surface area contributed by atoms with Crippen molar-refractivity contribution >= 4 is 0 Å². The van der Waals surface area contributed by atoms with E-state index in [9.17, 15) is 9.50 Å². The lowest BCUT2D eigenvalue weighted by molar-refractivity contribution is 0.128. The highest BCUT2D eigenvalue weighted by Gasteiger charge is 2.26. The highest BCUT2D eigenvalue weighted by Crippen LogP contribution is 2.23. The molecule has 0 radical (unpaired) electrons. The summed E-state index contributed by atoms with van der Waals surface area (Å²) in [7, 11) is 0. The van der Waals surface area contributed by atoms with Gasteiger partial charge in [-0.1, -0.05) is 17.3 Å². The second-order valence-corrected chi connectivity index (χ2v) is 5.17. The Morgan fingerprint density at radius 3 is 3.10 bits per heavy atom. The first-order valence-corrected chi connectivity index (χ1v) is 6.84. The van der Waals surface area contributed by atoms with Gasteiger partial charge < -0.3 is 14.9 Å². The monoisotopic (exact) mass is 276 g/mol. The molecule has 1 saturated heterocycles. The summed E-state index contributed by atoms with van der Waals surface area (Å²) in [6.07, 6.45) is 1.82. The van der Waals surface area contributed by atoms with Gasteiger partial charge in [-0.05, 0) is 37.1 Å². The normalized spacial score (nSPS) is 20.2. The quantitative estimate of drug-likeness (QED) is 0.898. The number of halogens is 1. The lowest BCUT2D eigenvalue weighted by Crippen LogP contribution is -2.28. The molecule has 0 bridgehead atoms. The van der Waals surface area contributed by atoms with Crippen LogP contribution in [0.1, 0.15) is 36.0 Å². The van der Waals surface area contributed by atoms with Crippen LogP contribution in [-0.2, 0) is 6.42 Å². The van der Waals surface area contributed by atoms with Gasteiger partial charge in [-0.3, -0.25) is 0 Å². The molecule has 1 fully saturated rings. The first-order valence-electron chi connectivity index (χ1n) is 6.84. The van der Waals surface area contributed by atoms with Crippen molar-refractivity contribution in [1.29, 1.82) is 0 Å². The summed E-state index contributed by atoms with van der Waals surface area (Å²) in [5, 5.41) is 17.4. The van der Waals surface area contributed by atoms with Crippen molar-refractivity contribution in [3.63, 3.8) is 0 Å². The number of hydrogen-bond donors (Lipinski definition) is 2. The maximum Gasteiger partial charge on any atom is 0.141 e. The Hall–Kier alpha value is -1.72. The lowest BCUT2D eigenvalue weighted by atomic mass is 10.1. The van der Waals surface area contributed by atoms with E-state index in [1.54, 1.807) is 12.1 Å². The Balaban J connectivity index is 1.70. The molecule has 1 aliphatic heterocycles. The zero-order valence-electron chi connectivity index (χ0n) is 11.1. The van der Waals surface area contributed by atoms with Crippen LogP contribution < -0.4 is 5.32 Å². The van der Waals surface area contributed by atoms with E-state index in [1.165, 1.54) is 12.1 Å². The third kappa shape index (κ3) is 2.89. The molecule has 2 aromatic rings. The summed E-state index contributed by atoms with van der Waals surface area (Å²) in [6, 6.07) is 8.17. The number of aromatic nitrogens is 1. The molecule has 1 aliphatic rings. The summed E-state index contributed by atoms with van der Waals surface area (Å²) in [5.74, 6) is 0.361. The fourth-order valence-corrected chi connectivity index (χ4v) is 2.59. The SMILES string of the molecule is O[C@H](c1cc(Cc2cccc(F)c2)on1)[C@@H]1CCCN1. The van der Waals surface area contributed by atoms with Gasteiger partial charge in [-0.2, -0.15) is 0 Å². The minimum Gasteiger partial charge on any atom is -0.385 e. The van der Waals surface area contributed by atoms with Crippen LogP contribution in [0.15, 0.2) is 34.9 Å². The van der Waals surface area contributed by atoms with E-state index < -0.39 is 6.10 Å². The largest absolute Gasteiger partial charge is 0.385 e. The van der Waals surface area contributed by atoms with Gasteiger partial charge in [0.2, 0.25) is 0 Å². The van der Waals surface area contributed by atoms with Gasteiger partial charge >= 0.3 is 0 Å². The predicted octanol–water partition coefficient (Wildman–Crippen LogP) is 2.19. The van der Waals surface area contributed by atoms with E-state index in [0.717, 1.165) is 24.9 Å². The minimum atomic E-state index is -0.650. The maximum absolute atomic E-state index is 13.1. The number of nitrogens with zero attached hydrogens (tertiary/aromatic N) is 1. The Labute approximate surface area is 116 Å². The van der Waals surface area contributed by atoms with Crippen LogP contribution in [0.25, 0.3) is 0 Å². The first-order chi connectivity index (χ1) is 9.72. The van der Waals surface area contributed by atoms with E-state index in [4.69, 9.17) is 4.52 Å². The molecule has 1 aromatic heterocycles. The van der Waals surface area contributed by atoms with E-state index in [-0.39, 0.29) is 11.9 Å². The van der Waals surface area contributed by atoms with Crippen LogP contribution >= 0.6 is 0 Å². The van der Waals surface area contributed by atoms with E-state index >= 15 is 0 Å². The molecule has 20 heavy (non-hydrogen) atoms. The topological polar surface area (TPSA) is 58.3 Å². The molecule has 0 saturated carbocycles. The Morgan fingerprint density at radius 1 is 1.45 bits per heavy atom. The zero-order valence-corrected chi connectivity index (χ0v) is 11.1. The number of benzene rings is 1. The molecule has 3 rings (SSSR count). The van der Waals surface area contributed by atoms with E-state index in [1.807, 2.05) is 6.07 Å². The summed E-state index contributed by atoms with van der Waals surface area (Å²) in [5.41, 5.74) is 1.36. The third-order valence-corrected chi connectivity index (χ3v) is 3.63. The molecule has 4 nitrogen and oxygen atoms in total. The molecule has 0 spiro atoms. The van der Waals surface area contributed by atoms with Crippen LogP contribution in [0.2, 0.25) is 0 Å². The molecule has 106 valence electrons. The first kappa shape index (κ1) is 13.3. The van der Waals surface area contributed by atoms with Crippen LogP contribution in [0, 0.1) is 5.82 Å². The van der Waals surface area contributed by atoms with E-state index in [0.29, 0.717) is 17.9 Å². The van der Waals surface area contributed by atoms with Crippen molar-refractivity contribution in [1.82, 2.24) is 10.5 Å². The van der Waals surface area contributed by atoms with Crippen molar-refractivity contribution in [2.24, 2.45) is 0 Å². The van der Waals surface area contributed by atoms with Gasteiger partial charge in [-0.25, -0.2) is 4.39 Å². The van der Waals surface area contributed by atoms with Gasteiger partial charge in [0, 0.05) is 18.5 Å². The van der Waals surface area contributed by atoms with E-state index in [2.05, 4.69) is 10.5 Å². The Kier molecular flexibility index (Phi) is 3.80. The van der Waals surface area contributed by atoms with Crippen molar-refractivity contribution in [2.45, 2.75) is 31.4 Å². The van der Waals surface area contributed by atoms with Crippen LogP contribution in [0.3, 0.4) is 0 Å². The highest BCUT2D eigenvalue weighted by molar-refractivity contribution is 5.22. The fraction of sp³-hybridized carbons (Fsp3) is 0.400. The standard InChI is InChI=1S/C15H17FN2O2/c16-11-4-1-3-10(7-11)8-12-9-14(18-20-12)15(19)13-5-2-6-17-13/h1,3-4,7,9,13,15,17,19H,2,5-6,8H2/t13-,15-/m0/s1. The zero-order chi connectivity index (χ0) is 13.9. The van der Waals surface area contributed by atoms with Crippen molar-refractivity contribution in [3.05, 3.63) is 53.2 Å². The third-order valence-electron chi connectivity index (χ3n) is 3.63. The smallest absolute Gasteiger partial charge is 0.141 e. The van der Waals surface area contributed by atoms with Gasteiger partial charge in [0.05, 0.1) is 0 Å². The summed E-state index contributed by atoms with van der Waals surface area (Å²) in [6.45, 7) is 0.926. The maximum atomic E-state index is 13.1. The average molecular weight is 276 g/mol. The average Bonchev–Trinajstić information content (AvgIpc) is 3.09. The molecule has 2 heterocycles. The summed E-state index contributed by atoms with van der Waals surface area (Å²) in [4.78, 5) is 0. The van der Waals surface area contributed by atoms with Crippen LogP contribution in [0.5, 0.6) is 0 Å². The molecule has 1 aromatic carbocycles. The predicted molar refractivity (Wildman–Crippen MR) is 71.7 cm³/mol. The number of aliphatic hydroxyl groups excluding tert-OH is 1. The summed E-state index contributed by atoms with van der Waals surface area (Å²) >= 11 is 0. The Bertz CT molecular complexity index is 579. The van der Waals surface area contributed by atoms with Crippen molar-refractivity contribution in [2.75, 3.05) is 6.54 Å². The molecule has 5 heteroatoms. The van der Waals surface area contributed by atoms with Crippen LogP contribution in [-0.4, -0.2) is 22.8 Å². The summed E-state index contributed by atoms with van der Waals surface area (Å²) < 4.78 is 18.3. The molecule has 0 amide bonds. The second-order valence-electron chi connectivity index (χ2n) is 5.17. The van der Waals surface area contributed by atoms with Crippen molar-refractivity contribution in [3.8, 4) is 0 Å². The number of aliphatic hydroxyl groups is 1. The lowest BCUT2D eigenvalue weighted by Gasteiger charge is -2.14. The molecular formula is C15H17FN2O2. The Morgan fingerprint density at radius 2 is 2.35 bits per heavy atom. The van der Waals surface area contributed by atoms with Gasteiger partial charge in [-0.15, -0.1) is 0 Å². The van der Waals surface area contributed by atoms with Gasteiger partial charge in [0.25, 0.3) is 0 Å².